The zero-order valence-electron chi connectivity index (χ0n) is 19.4. The maximum absolute atomic E-state index is 13.3. The number of hydrogen-bond donors (Lipinski definition) is 2. The van der Waals surface area contributed by atoms with Crippen molar-refractivity contribution < 1.29 is 19.1 Å². The summed E-state index contributed by atoms with van der Waals surface area (Å²) >= 11 is 0. The highest BCUT2D eigenvalue weighted by molar-refractivity contribution is 5.96. The second-order valence-electron chi connectivity index (χ2n) is 8.35. The number of nitrogens with zero attached hydrogens (tertiary/aromatic N) is 3. The van der Waals surface area contributed by atoms with Crippen molar-refractivity contribution in [1.82, 2.24) is 4.90 Å². The second-order valence-corrected chi connectivity index (χ2v) is 8.35. The number of Topliss-reactive ketones (excluding diaryl/α,β-unsaturated/α-hetero) is 1. The molecule has 35 heavy (non-hydrogen) atoms. The van der Waals surface area contributed by atoms with Gasteiger partial charge in [-0.05, 0) is 67.1 Å². The lowest BCUT2D eigenvalue weighted by atomic mass is 10.1. The molecule has 7 nitrogen and oxygen atoms in total. The Morgan fingerprint density at radius 3 is 2.26 bits per heavy atom. The number of carbonyl (C=O) groups excluding carboxylic acids is 1. The molecule has 0 unspecified atom stereocenters. The molecule has 1 aliphatic heterocycles. The third-order valence-electron chi connectivity index (χ3n) is 5.91. The number of anilines is 2. The molecular formula is C27H27FN4O3. The summed E-state index contributed by atoms with van der Waals surface area (Å²) in [4.78, 5) is 32.1. The Morgan fingerprint density at radius 1 is 0.943 bits per heavy atom. The lowest BCUT2D eigenvalue weighted by molar-refractivity contribution is 0.0696. The minimum Gasteiger partial charge on any atom is -0.478 e. The molecule has 0 bridgehead atoms. The van der Waals surface area contributed by atoms with Gasteiger partial charge in [-0.2, -0.15) is 0 Å². The first-order valence-electron chi connectivity index (χ1n) is 11.4. The van der Waals surface area contributed by atoms with Crippen molar-refractivity contribution in [2.24, 2.45) is 4.99 Å². The molecule has 0 saturated carbocycles. The van der Waals surface area contributed by atoms with E-state index in [0.29, 0.717) is 36.8 Å². The summed E-state index contributed by atoms with van der Waals surface area (Å²) in [5, 5.41) is 12.6. The van der Waals surface area contributed by atoms with Gasteiger partial charge in [-0.15, -0.1) is 0 Å². The number of piperazine rings is 1. The summed E-state index contributed by atoms with van der Waals surface area (Å²) in [7, 11) is 0. The van der Waals surface area contributed by atoms with E-state index >= 15 is 0 Å². The van der Waals surface area contributed by atoms with Crippen LogP contribution in [-0.2, 0) is 6.54 Å². The average Bonchev–Trinajstić information content (AvgIpc) is 2.88. The van der Waals surface area contributed by atoms with Crippen molar-refractivity contribution >= 4 is 29.1 Å². The molecule has 3 aromatic rings. The normalized spacial score (nSPS) is 14.1. The Labute approximate surface area is 203 Å². The SMILES string of the molecule is CC(=O)c1ccc(N2CCN(C(=NCc3ccc(F)cc3)Nc3cccc(C(=O)O)c3)CC2)cc1. The lowest BCUT2D eigenvalue weighted by Crippen LogP contribution is -2.50. The van der Waals surface area contributed by atoms with Gasteiger partial charge in [0, 0.05) is 43.1 Å². The Balaban J connectivity index is 1.50. The van der Waals surface area contributed by atoms with E-state index in [4.69, 9.17) is 4.99 Å². The molecule has 180 valence electrons. The van der Waals surface area contributed by atoms with Gasteiger partial charge in [0.25, 0.3) is 0 Å². The number of guanidine groups is 1. The van der Waals surface area contributed by atoms with E-state index in [1.807, 2.05) is 24.3 Å². The highest BCUT2D eigenvalue weighted by Gasteiger charge is 2.21. The largest absolute Gasteiger partial charge is 0.478 e. The highest BCUT2D eigenvalue weighted by atomic mass is 19.1. The van der Waals surface area contributed by atoms with Crippen LogP contribution in [0.1, 0.15) is 33.2 Å². The molecule has 8 heteroatoms. The van der Waals surface area contributed by atoms with Crippen molar-refractivity contribution in [1.29, 1.82) is 0 Å². The fraction of sp³-hybridized carbons (Fsp3) is 0.222. The monoisotopic (exact) mass is 474 g/mol. The van der Waals surface area contributed by atoms with Gasteiger partial charge in [0.05, 0.1) is 12.1 Å². The molecule has 0 aromatic heterocycles. The molecule has 4 rings (SSSR count). The van der Waals surface area contributed by atoms with Crippen LogP contribution in [0.3, 0.4) is 0 Å². The molecule has 1 fully saturated rings. The van der Waals surface area contributed by atoms with Crippen LogP contribution in [0.15, 0.2) is 77.8 Å². The summed E-state index contributed by atoms with van der Waals surface area (Å²) in [6.45, 7) is 4.82. The van der Waals surface area contributed by atoms with Gasteiger partial charge in [0.2, 0.25) is 0 Å². The van der Waals surface area contributed by atoms with Crippen LogP contribution < -0.4 is 10.2 Å². The minimum absolute atomic E-state index is 0.0430. The second kappa shape index (κ2) is 10.8. The summed E-state index contributed by atoms with van der Waals surface area (Å²) in [6, 6.07) is 20.4. The van der Waals surface area contributed by atoms with Crippen LogP contribution in [0.4, 0.5) is 15.8 Å². The van der Waals surface area contributed by atoms with Crippen LogP contribution in [0.5, 0.6) is 0 Å². The molecule has 1 aliphatic rings. The predicted octanol–water partition coefficient (Wildman–Crippen LogP) is 4.52. The number of aromatic carboxylic acids is 1. The summed E-state index contributed by atoms with van der Waals surface area (Å²) < 4.78 is 13.3. The standard InChI is InChI=1S/C27H27FN4O3/c1-19(33)21-7-11-25(12-8-21)31-13-15-32(16-14-31)27(29-18-20-5-9-23(28)10-6-20)30-24-4-2-3-22(17-24)26(34)35/h2-12,17H,13-16,18H2,1H3,(H,29,30)(H,34,35). The molecule has 0 radical (unpaired) electrons. The number of rotatable bonds is 6. The molecule has 0 spiro atoms. The number of benzene rings is 3. The Bertz CT molecular complexity index is 1220. The van der Waals surface area contributed by atoms with Crippen molar-refractivity contribution in [3.8, 4) is 0 Å². The summed E-state index contributed by atoms with van der Waals surface area (Å²) in [6.07, 6.45) is 0. The van der Waals surface area contributed by atoms with E-state index in [9.17, 15) is 19.1 Å². The van der Waals surface area contributed by atoms with E-state index in [-0.39, 0.29) is 17.2 Å². The number of carboxylic acid groups (broad SMARTS) is 1. The van der Waals surface area contributed by atoms with E-state index in [2.05, 4.69) is 15.1 Å². The molecule has 0 amide bonds. The molecule has 3 aromatic carbocycles. The maximum Gasteiger partial charge on any atom is 0.335 e. The number of ketones is 1. The maximum atomic E-state index is 13.3. The average molecular weight is 475 g/mol. The van der Waals surface area contributed by atoms with Gasteiger partial charge in [-0.25, -0.2) is 14.2 Å². The van der Waals surface area contributed by atoms with E-state index in [1.54, 1.807) is 43.3 Å². The number of hydrogen-bond acceptors (Lipinski definition) is 4. The van der Waals surface area contributed by atoms with E-state index in [1.165, 1.54) is 12.1 Å². The van der Waals surface area contributed by atoms with Gasteiger partial charge in [0.15, 0.2) is 11.7 Å². The van der Waals surface area contributed by atoms with Crippen LogP contribution in [-0.4, -0.2) is 53.9 Å². The Kier molecular flexibility index (Phi) is 7.40. The fourth-order valence-electron chi connectivity index (χ4n) is 3.92. The molecule has 0 aliphatic carbocycles. The van der Waals surface area contributed by atoms with Crippen LogP contribution in [0.25, 0.3) is 0 Å². The quantitative estimate of drug-likeness (QED) is 0.311. The van der Waals surface area contributed by atoms with Crippen molar-refractivity contribution in [3.05, 3.63) is 95.3 Å². The zero-order chi connectivity index (χ0) is 24.8. The predicted molar refractivity (Wildman–Crippen MR) is 135 cm³/mol. The van der Waals surface area contributed by atoms with Gasteiger partial charge < -0.3 is 20.2 Å². The minimum atomic E-state index is -0.997. The first-order valence-corrected chi connectivity index (χ1v) is 11.4. The van der Waals surface area contributed by atoms with Crippen LogP contribution >= 0.6 is 0 Å². The van der Waals surface area contributed by atoms with Crippen molar-refractivity contribution in [2.45, 2.75) is 13.5 Å². The zero-order valence-corrected chi connectivity index (χ0v) is 19.4. The van der Waals surface area contributed by atoms with Crippen LogP contribution in [0, 0.1) is 5.82 Å². The topological polar surface area (TPSA) is 85.2 Å². The summed E-state index contributed by atoms with van der Waals surface area (Å²) in [5.74, 6) is -0.623. The number of halogens is 1. The van der Waals surface area contributed by atoms with Crippen molar-refractivity contribution in [3.63, 3.8) is 0 Å². The lowest BCUT2D eigenvalue weighted by Gasteiger charge is -2.38. The highest BCUT2D eigenvalue weighted by Crippen LogP contribution is 2.19. The van der Waals surface area contributed by atoms with Crippen molar-refractivity contribution in [2.75, 3.05) is 36.4 Å². The molecule has 2 N–H and O–H groups in total. The van der Waals surface area contributed by atoms with Gasteiger partial charge in [-0.3, -0.25) is 4.79 Å². The number of nitrogens with one attached hydrogen (secondary N) is 1. The van der Waals surface area contributed by atoms with Crippen LogP contribution in [0.2, 0.25) is 0 Å². The van der Waals surface area contributed by atoms with E-state index in [0.717, 1.165) is 24.3 Å². The third kappa shape index (κ3) is 6.23. The molecular weight excluding hydrogens is 447 g/mol. The van der Waals surface area contributed by atoms with E-state index < -0.39 is 5.97 Å². The van der Waals surface area contributed by atoms with Gasteiger partial charge in [0.1, 0.15) is 5.82 Å². The molecule has 0 atom stereocenters. The first-order chi connectivity index (χ1) is 16.9. The van der Waals surface area contributed by atoms with Gasteiger partial charge >= 0.3 is 5.97 Å². The Hall–Kier alpha value is -4.20. The van der Waals surface area contributed by atoms with Gasteiger partial charge in [-0.1, -0.05) is 18.2 Å². The fourth-order valence-corrected chi connectivity index (χ4v) is 3.92. The first kappa shape index (κ1) is 23.9. The number of carboxylic acids is 1. The third-order valence-corrected chi connectivity index (χ3v) is 5.91. The smallest absolute Gasteiger partial charge is 0.335 e. The number of aliphatic imine (C=N–C) groups is 1. The Morgan fingerprint density at radius 2 is 1.63 bits per heavy atom. The molecule has 1 saturated heterocycles. The molecule has 1 heterocycles. The summed E-state index contributed by atoms with van der Waals surface area (Å²) in [5.41, 5.74) is 3.43. The number of carbonyl (C=O) groups is 2.